The van der Waals surface area contributed by atoms with Gasteiger partial charge in [0.25, 0.3) is 5.91 Å². The first-order valence-corrected chi connectivity index (χ1v) is 11.8. The van der Waals surface area contributed by atoms with Gasteiger partial charge >= 0.3 is 0 Å². The fraction of sp³-hybridized carbons (Fsp3) is 0.364. The van der Waals surface area contributed by atoms with Crippen LogP contribution in [0.5, 0.6) is 11.5 Å². The molecule has 1 saturated heterocycles. The Morgan fingerprint density at radius 1 is 1.00 bits per heavy atom. The second-order valence-electron chi connectivity index (χ2n) is 7.22. The maximum atomic E-state index is 12.8. The number of hydrogen-bond acceptors (Lipinski definition) is 6. The van der Waals surface area contributed by atoms with Crippen LogP contribution in [0, 0.1) is 5.92 Å². The summed E-state index contributed by atoms with van der Waals surface area (Å²) < 4.78 is 37.8. The summed E-state index contributed by atoms with van der Waals surface area (Å²) in [5, 5.41) is 0. The molecule has 0 saturated carbocycles. The lowest BCUT2D eigenvalue weighted by Crippen LogP contribution is -2.50. The van der Waals surface area contributed by atoms with Crippen molar-refractivity contribution in [2.75, 3.05) is 26.3 Å². The number of nitrogens with zero attached hydrogens (tertiary/aromatic N) is 1. The van der Waals surface area contributed by atoms with Gasteiger partial charge in [0, 0.05) is 13.1 Å². The van der Waals surface area contributed by atoms with E-state index in [1.165, 1.54) is 16.4 Å². The van der Waals surface area contributed by atoms with Gasteiger partial charge in [0.05, 0.1) is 17.4 Å². The molecule has 1 fully saturated rings. The summed E-state index contributed by atoms with van der Waals surface area (Å²) in [7, 11) is -3.67. The number of ether oxygens (including phenoxy) is 2. The number of hydrogen-bond donors (Lipinski definition) is 2. The molecule has 1 unspecified atom stereocenters. The lowest BCUT2D eigenvalue weighted by atomic mass is 9.99. The number of carbonyl (C=O) groups excluding carboxylic acids is 2. The molecule has 1 aliphatic heterocycles. The summed E-state index contributed by atoms with van der Waals surface area (Å²) in [6.45, 7) is 2.39. The Kier molecular flexibility index (Phi) is 8.07. The second-order valence-corrected chi connectivity index (χ2v) is 9.16. The number of hydrazine groups is 1. The third kappa shape index (κ3) is 5.98. The lowest BCUT2D eigenvalue weighted by molar-refractivity contribution is -0.132. The molecule has 1 heterocycles. The summed E-state index contributed by atoms with van der Waals surface area (Å²) in [5.41, 5.74) is 4.68. The van der Waals surface area contributed by atoms with Crippen LogP contribution in [0.25, 0.3) is 0 Å². The molecule has 9 nitrogen and oxygen atoms in total. The van der Waals surface area contributed by atoms with E-state index in [9.17, 15) is 18.0 Å². The van der Waals surface area contributed by atoms with E-state index in [0.717, 1.165) is 0 Å². The summed E-state index contributed by atoms with van der Waals surface area (Å²) >= 11 is 0. The van der Waals surface area contributed by atoms with Crippen molar-refractivity contribution in [2.45, 2.75) is 24.7 Å². The van der Waals surface area contributed by atoms with E-state index in [2.05, 4.69) is 10.9 Å². The van der Waals surface area contributed by atoms with Crippen molar-refractivity contribution >= 4 is 21.8 Å². The Labute approximate surface area is 187 Å². The number of para-hydroxylation sites is 2. The number of carbonyl (C=O) groups is 2. The van der Waals surface area contributed by atoms with Gasteiger partial charge in [-0.15, -0.1) is 0 Å². The van der Waals surface area contributed by atoms with Crippen LogP contribution in [0.2, 0.25) is 0 Å². The largest absolute Gasteiger partial charge is 0.490 e. The van der Waals surface area contributed by atoms with Crippen molar-refractivity contribution in [3.8, 4) is 11.5 Å². The van der Waals surface area contributed by atoms with Gasteiger partial charge < -0.3 is 9.47 Å². The number of nitrogens with one attached hydrogen (secondary N) is 2. The highest BCUT2D eigenvalue weighted by Gasteiger charge is 2.33. The highest BCUT2D eigenvalue weighted by Crippen LogP contribution is 2.26. The Morgan fingerprint density at radius 2 is 1.66 bits per heavy atom. The Morgan fingerprint density at radius 3 is 2.34 bits per heavy atom. The van der Waals surface area contributed by atoms with Crippen molar-refractivity contribution in [3.63, 3.8) is 0 Å². The monoisotopic (exact) mass is 461 g/mol. The summed E-state index contributed by atoms with van der Waals surface area (Å²) in [5.74, 6) is -0.615. The van der Waals surface area contributed by atoms with E-state index in [4.69, 9.17) is 9.47 Å². The van der Waals surface area contributed by atoms with Crippen molar-refractivity contribution in [1.29, 1.82) is 0 Å². The van der Waals surface area contributed by atoms with Gasteiger partial charge in [-0.05, 0) is 44.0 Å². The molecule has 0 bridgehead atoms. The molecule has 172 valence electrons. The maximum absolute atomic E-state index is 12.8. The molecule has 10 heteroatoms. The first kappa shape index (κ1) is 23.6. The number of amides is 2. The van der Waals surface area contributed by atoms with E-state index in [-0.39, 0.29) is 18.0 Å². The number of rotatable bonds is 8. The summed E-state index contributed by atoms with van der Waals surface area (Å²) in [6, 6.07) is 15.1. The molecular formula is C22H27N3O6S. The standard InChI is InChI=1S/C22H27N3O6S/c1-2-30-19-12-6-7-13-20(19)31-16-21(26)23-24-22(27)17-9-8-14-25(15-17)32(28,29)18-10-4-3-5-11-18/h3-7,10-13,17H,2,8-9,14-16H2,1H3,(H,23,26)(H,24,27). The fourth-order valence-electron chi connectivity index (χ4n) is 3.37. The Bertz CT molecular complexity index is 1030. The van der Waals surface area contributed by atoms with Crippen LogP contribution in [0.4, 0.5) is 0 Å². The lowest BCUT2D eigenvalue weighted by Gasteiger charge is -2.31. The molecule has 2 amide bonds. The van der Waals surface area contributed by atoms with Crippen LogP contribution in [0.1, 0.15) is 19.8 Å². The topological polar surface area (TPSA) is 114 Å². The third-order valence-corrected chi connectivity index (χ3v) is 6.85. The van der Waals surface area contributed by atoms with Gasteiger partial charge in [-0.25, -0.2) is 8.42 Å². The zero-order valence-electron chi connectivity index (χ0n) is 17.8. The predicted molar refractivity (Wildman–Crippen MR) is 117 cm³/mol. The minimum Gasteiger partial charge on any atom is -0.490 e. The molecule has 0 aliphatic carbocycles. The van der Waals surface area contributed by atoms with Crippen LogP contribution >= 0.6 is 0 Å². The average molecular weight is 462 g/mol. The minimum atomic E-state index is -3.67. The van der Waals surface area contributed by atoms with E-state index >= 15 is 0 Å². The zero-order valence-corrected chi connectivity index (χ0v) is 18.6. The first-order valence-electron chi connectivity index (χ1n) is 10.4. The second kappa shape index (κ2) is 11.0. The van der Waals surface area contributed by atoms with Gasteiger partial charge in [-0.1, -0.05) is 30.3 Å². The van der Waals surface area contributed by atoms with E-state index in [1.54, 1.807) is 42.5 Å². The SMILES string of the molecule is CCOc1ccccc1OCC(=O)NNC(=O)C1CCCN(S(=O)(=O)c2ccccc2)C1. The van der Waals surface area contributed by atoms with Crippen molar-refractivity contribution in [1.82, 2.24) is 15.2 Å². The van der Waals surface area contributed by atoms with Crippen LogP contribution in [0.3, 0.4) is 0 Å². The normalized spacial score (nSPS) is 16.7. The van der Waals surface area contributed by atoms with Crippen LogP contribution in [-0.4, -0.2) is 50.8 Å². The Hall–Kier alpha value is -3.11. The minimum absolute atomic E-state index is 0.0527. The predicted octanol–water partition coefficient (Wildman–Crippen LogP) is 1.71. The Balaban J connectivity index is 1.50. The van der Waals surface area contributed by atoms with E-state index in [1.807, 2.05) is 6.92 Å². The van der Waals surface area contributed by atoms with Gasteiger partial charge in [0.2, 0.25) is 15.9 Å². The molecule has 1 atom stereocenters. The molecule has 2 aromatic rings. The molecule has 0 aromatic heterocycles. The van der Waals surface area contributed by atoms with Crippen molar-refractivity contribution in [2.24, 2.45) is 5.92 Å². The van der Waals surface area contributed by atoms with Crippen molar-refractivity contribution < 1.29 is 27.5 Å². The van der Waals surface area contributed by atoms with E-state index in [0.29, 0.717) is 37.5 Å². The summed E-state index contributed by atoms with van der Waals surface area (Å²) in [4.78, 5) is 24.8. The third-order valence-electron chi connectivity index (χ3n) is 4.97. The molecule has 2 N–H and O–H groups in total. The number of benzene rings is 2. The fourth-order valence-corrected chi connectivity index (χ4v) is 4.92. The molecule has 0 radical (unpaired) electrons. The highest BCUT2D eigenvalue weighted by atomic mass is 32.2. The van der Waals surface area contributed by atoms with Crippen LogP contribution < -0.4 is 20.3 Å². The molecule has 1 aliphatic rings. The number of piperidine rings is 1. The first-order chi connectivity index (χ1) is 15.4. The maximum Gasteiger partial charge on any atom is 0.276 e. The zero-order chi connectivity index (χ0) is 23.0. The van der Waals surface area contributed by atoms with E-state index < -0.39 is 27.8 Å². The molecule has 0 spiro atoms. The quantitative estimate of drug-likeness (QED) is 0.579. The van der Waals surface area contributed by atoms with Crippen molar-refractivity contribution in [3.05, 3.63) is 54.6 Å². The van der Waals surface area contributed by atoms with Gasteiger partial charge in [0.15, 0.2) is 18.1 Å². The molecular weight excluding hydrogens is 434 g/mol. The van der Waals surface area contributed by atoms with Gasteiger partial charge in [-0.3, -0.25) is 20.4 Å². The molecule has 3 rings (SSSR count). The summed E-state index contributed by atoms with van der Waals surface area (Å²) in [6.07, 6.45) is 1.08. The van der Waals surface area contributed by atoms with Gasteiger partial charge in [-0.2, -0.15) is 4.31 Å². The van der Waals surface area contributed by atoms with Crippen LogP contribution in [-0.2, 0) is 19.6 Å². The van der Waals surface area contributed by atoms with Crippen LogP contribution in [0.15, 0.2) is 59.5 Å². The van der Waals surface area contributed by atoms with Gasteiger partial charge in [0.1, 0.15) is 0 Å². The average Bonchev–Trinajstić information content (AvgIpc) is 2.82. The molecule has 2 aromatic carbocycles. The highest BCUT2D eigenvalue weighted by molar-refractivity contribution is 7.89. The smallest absolute Gasteiger partial charge is 0.276 e. The molecule has 32 heavy (non-hydrogen) atoms. The number of sulfonamides is 1.